The second-order valence-electron chi connectivity index (χ2n) is 7.81. The van der Waals surface area contributed by atoms with Gasteiger partial charge in [-0.25, -0.2) is 0 Å². The fourth-order valence-electron chi connectivity index (χ4n) is 3.95. The largest absolute Gasteiger partial charge is 0.319 e. The molecule has 0 bridgehead atoms. The summed E-state index contributed by atoms with van der Waals surface area (Å²) in [5.74, 6) is 3.38. The van der Waals surface area contributed by atoms with Crippen molar-refractivity contribution in [3.8, 4) is 5.82 Å². The van der Waals surface area contributed by atoms with E-state index in [-0.39, 0.29) is 31.9 Å². The minimum atomic E-state index is 0. The Balaban J connectivity index is 0.00000205. The number of fused-ring (bicyclic) bond motifs is 6. The molecule has 6 heteroatoms. The summed E-state index contributed by atoms with van der Waals surface area (Å²) in [5.41, 5.74) is 2.03. The number of aromatic nitrogens is 5. The van der Waals surface area contributed by atoms with Gasteiger partial charge >= 0.3 is 0 Å². The third kappa shape index (κ3) is 2.90. The molecular formula is C23H22IrN5-. The fourth-order valence-corrected chi connectivity index (χ4v) is 3.95. The first-order chi connectivity index (χ1) is 13.6. The van der Waals surface area contributed by atoms with Gasteiger partial charge in [-0.1, -0.05) is 51.3 Å². The first-order valence-corrected chi connectivity index (χ1v) is 9.72. The van der Waals surface area contributed by atoms with Crippen molar-refractivity contribution < 1.29 is 20.1 Å². The minimum Gasteiger partial charge on any atom is -0.319 e. The molecule has 0 unspecified atom stereocenters. The van der Waals surface area contributed by atoms with Gasteiger partial charge in [0, 0.05) is 37.5 Å². The van der Waals surface area contributed by atoms with Crippen LogP contribution in [0.2, 0.25) is 0 Å². The van der Waals surface area contributed by atoms with Crippen LogP contribution in [0.1, 0.15) is 51.2 Å². The van der Waals surface area contributed by atoms with Gasteiger partial charge in [-0.15, -0.1) is 39.8 Å². The number of hydrogen-bond donors (Lipinski definition) is 0. The first kappa shape index (κ1) is 19.7. The molecule has 0 spiro atoms. The summed E-state index contributed by atoms with van der Waals surface area (Å²) in [6.07, 6.45) is 1.93. The Labute approximate surface area is 183 Å². The fraction of sp³-hybridized carbons (Fsp3) is 0.261. The van der Waals surface area contributed by atoms with Gasteiger partial charge in [0.05, 0.1) is 11.8 Å². The summed E-state index contributed by atoms with van der Waals surface area (Å²) in [5, 5.41) is 12.4. The molecule has 0 saturated heterocycles. The molecule has 0 aliphatic rings. The number of benzene rings is 2. The van der Waals surface area contributed by atoms with Crippen LogP contribution >= 0.6 is 0 Å². The average molecular weight is 561 g/mol. The molecule has 3 heterocycles. The van der Waals surface area contributed by atoms with Crippen LogP contribution in [-0.4, -0.2) is 24.1 Å². The van der Waals surface area contributed by atoms with E-state index in [0.717, 1.165) is 34.0 Å². The monoisotopic (exact) mass is 561 g/mol. The molecule has 1 radical (unpaired) electrons. The van der Waals surface area contributed by atoms with E-state index in [1.54, 1.807) is 0 Å². The van der Waals surface area contributed by atoms with Crippen molar-refractivity contribution in [3.05, 3.63) is 66.4 Å². The molecule has 3 aromatic heterocycles. The molecule has 0 saturated carbocycles. The summed E-state index contributed by atoms with van der Waals surface area (Å²) in [4.78, 5) is 4.81. The predicted octanol–water partition coefficient (Wildman–Crippen LogP) is 5.27. The van der Waals surface area contributed by atoms with Crippen LogP contribution in [0.25, 0.3) is 33.1 Å². The molecular weight excluding hydrogens is 539 g/mol. The number of imidazole rings is 1. The summed E-state index contributed by atoms with van der Waals surface area (Å²) in [7, 11) is 0. The van der Waals surface area contributed by atoms with Crippen LogP contribution in [0.5, 0.6) is 0 Å². The summed E-state index contributed by atoms with van der Waals surface area (Å²) in [6.45, 7) is 8.59. The maximum absolute atomic E-state index is 4.81. The molecule has 0 aliphatic carbocycles. The Morgan fingerprint density at radius 3 is 2.21 bits per heavy atom. The molecule has 0 fully saturated rings. The van der Waals surface area contributed by atoms with Crippen molar-refractivity contribution in [3.63, 3.8) is 0 Å². The maximum Gasteiger partial charge on any atom is 0.141 e. The quantitative estimate of drug-likeness (QED) is 0.223. The number of hydrogen-bond acceptors (Lipinski definition) is 3. The van der Waals surface area contributed by atoms with Crippen LogP contribution in [0.4, 0.5) is 0 Å². The number of rotatable bonds is 3. The Morgan fingerprint density at radius 1 is 0.862 bits per heavy atom. The standard InChI is InChI=1S/C23H22N5.Ir/c1-14(2)21-25-26-22(15(3)4)28(21)20-13-24-23-18-11-6-5-9-16(18)17-10-7-8-12-19(17)27(20)23;/h5-10,12-15H,1-4H3;/q-1;. The third-order valence-electron chi connectivity index (χ3n) is 5.23. The van der Waals surface area contributed by atoms with E-state index in [1.807, 2.05) is 18.3 Å². The van der Waals surface area contributed by atoms with Crippen molar-refractivity contribution >= 4 is 27.3 Å². The van der Waals surface area contributed by atoms with Gasteiger partial charge in [-0.3, -0.25) is 9.55 Å². The molecule has 149 valence electrons. The van der Waals surface area contributed by atoms with Crippen molar-refractivity contribution in [2.24, 2.45) is 0 Å². The van der Waals surface area contributed by atoms with E-state index in [4.69, 9.17) is 4.98 Å². The molecule has 5 nitrogen and oxygen atoms in total. The van der Waals surface area contributed by atoms with Gasteiger partial charge in [-0.2, -0.15) is 0 Å². The second kappa shape index (κ2) is 7.36. The van der Waals surface area contributed by atoms with Crippen LogP contribution in [0.15, 0.2) is 48.7 Å². The van der Waals surface area contributed by atoms with Crippen LogP contribution in [-0.2, 0) is 20.1 Å². The first-order valence-electron chi connectivity index (χ1n) is 9.72. The Morgan fingerprint density at radius 2 is 1.52 bits per heavy atom. The maximum atomic E-state index is 4.81. The summed E-state index contributed by atoms with van der Waals surface area (Å²) < 4.78 is 4.39. The number of para-hydroxylation sites is 1. The van der Waals surface area contributed by atoms with Crippen molar-refractivity contribution in [2.45, 2.75) is 39.5 Å². The molecule has 29 heavy (non-hydrogen) atoms. The minimum absolute atomic E-state index is 0. The van der Waals surface area contributed by atoms with E-state index >= 15 is 0 Å². The van der Waals surface area contributed by atoms with Crippen LogP contribution in [0, 0.1) is 6.07 Å². The van der Waals surface area contributed by atoms with E-state index in [2.05, 4.69) is 83.3 Å². The zero-order valence-corrected chi connectivity index (χ0v) is 19.2. The zero-order chi connectivity index (χ0) is 19.4. The summed E-state index contributed by atoms with van der Waals surface area (Å²) >= 11 is 0. The van der Waals surface area contributed by atoms with E-state index < -0.39 is 0 Å². The Hall–Kier alpha value is -2.56. The normalized spacial score (nSPS) is 11.8. The molecule has 0 aliphatic heterocycles. The van der Waals surface area contributed by atoms with E-state index in [9.17, 15) is 0 Å². The Bertz CT molecular complexity index is 1300. The number of pyridine rings is 1. The molecule has 0 N–H and O–H groups in total. The van der Waals surface area contributed by atoms with Crippen LogP contribution in [0.3, 0.4) is 0 Å². The molecule has 0 atom stereocenters. The van der Waals surface area contributed by atoms with Crippen molar-refractivity contribution in [1.82, 2.24) is 24.1 Å². The Kier molecular flexibility index (Phi) is 5.01. The van der Waals surface area contributed by atoms with E-state index in [0.29, 0.717) is 0 Å². The van der Waals surface area contributed by atoms with Crippen LogP contribution < -0.4 is 0 Å². The smallest absolute Gasteiger partial charge is 0.141 e. The van der Waals surface area contributed by atoms with Gasteiger partial charge in [-0.05, 0) is 11.5 Å². The van der Waals surface area contributed by atoms with Gasteiger partial charge in [0.15, 0.2) is 0 Å². The topological polar surface area (TPSA) is 48.0 Å². The molecule has 2 aromatic carbocycles. The van der Waals surface area contributed by atoms with Gasteiger partial charge in [0.1, 0.15) is 17.5 Å². The van der Waals surface area contributed by atoms with Crippen molar-refractivity contribution in [1.29, 1.82) is 0 Å². The number of nitrogens with zero attached hydrogens (tertiary/aromatic N) is 5. The zero-order valence-electron chi connectivity index (χ0n) is 16.8. The second-order valence-corrected chi connectivity index (χ2v) is 7.81. The van der Waals surface area contributed by atoms with Gasteiger partial charge in [0.2, 0.25) is 0 Å². The summed E-state index contributed by atoms with van der Waals surface area (Å²) in [6, 6.07) is 18.0. The third-order valence-corrected chi connectivity index (χ3v) is 5.23. The van der Waals surface area contributed by atoms with Crippen molar-refractivity contribution in [2.75, 3.05) is 0 Å². The molecule has 5 aromatic rings. The molecule has 5 rings (SSSR count). The van der Waals surface area contributed by atoms with Gasteiger partial charge in [0.25, 0.3) is 0 Å². The average Bonchev–Trinajstić information content (AvgIpc) is 3.32. The van der Waals surface area contributed by atoms with Gasteiger partial charge < -0.3 is 4.40 Å². The van der Waals surface area contributed by atoms with E-state index in [1.165, 1.54) is 10.8 Å². The SMILES string of the molecule is CC(C)c1nnc(C(C)C)n1-c1cnc2c3[c-]cccc3c3ccccc3n12.[Ir]. The molecule has 0 amide bonds. The predicted molar refractivity (Wildman–Crippen MR) is 112 cm³/mol.